The molecule has 0 aromatic heterocycles. The fourth-order valence-corrected chi connectivity index (χ4v) is 4.67. The van der Waals surface area contributed by atoms with Gasteiger partial charge in [-0.25, -0.2) is 4.79 Å². The van der Waals surface area contributed by atoms with Crippen LogP contribution in [0.4, 0.5) is 0 Å². The highest BCUT2D eigenvalue weighted by atomic mass is 16.4. The number of hydrogen-bond donors (Lipinski definition) is 7. The summed E-state index contributed by atoms with van der Waals surface area (Å²) in [6.07, 6.45) is 1.66. The van der Waals surface area contributed by atoms with E-state index >= 15 is 0 Å². The number of amides is 3. The third kappa shape index (κ3) is 11.2. The number of phenols is 1. The van der Waals surface area contributed by atoms with Gasteiger partial charge >= 0.3 is 5.97 Å². The predicted octanol–water partition coefficient (Wildman–Crippen LogP) is 1.42. The largest absolute Gasteiger partial charge is 0.508 e. The summed E-state index contributed by atoms with van der Waals surface area (Å²) in [4.78, 5) is 52.2. The zero-order chi connectivity index (χ0) is 31.9. The van der Waals surface area contributed by atoms with Crippen LogP contribution in [-0.4, -0.2) is 64.6 Å². The molecule has 3 aromatic carbocycles. The van der Waals surface area contributed by atoms with Crippen molar-refractivity contribution in [1.29, 1.82) is 0 Å². The Morgan fingerprint density at radius 1 is 0.614 bits per heavy atom. The maximum absolute atomic E-state index is 13.7. The van der Waals surface area contributed by atoms with Crippen LogP contribution in [0.25, 0.3) is 0 Å². The Bertz CT molecular complexity index is 1350. The zero-order valence-corrected chi connectivity index (χ0v) is 24.5. The van der Waals surface area contributed by atoms with Crippen LogP contribution < -0.4 is 27.4 Å². The van der Waals surface area contributed by atoms with Crippen molar-refractivity contribution in [3.63, 3.8) is 0 Å². The molecule has 0 aliphatic carbocycles. The van der Waals surface area contributed by atoms with Crippen LogP contribution in [-0.2, 0) is 38.4 Å². The number of carbonyl (C=O) groups excluding carboxylic acids is 3. The van der Waals surface area contributed by atoms with E-state index in [2.05, 4.69) is 16.0 Å². The Labute approximate surface area is 257 Å². The molecule has 3 aromatic rings. The van der Waals surface area contributed by atoms with Crippen LogP contribution in [0.3, 0.4) is 0 Å². The second-order valence-corrected chi connectivity index (χ2v) is 10.7. The topological polar surface area (TPSA) is 197 Å². The van der Waals surface area contributed by atoms with E-state index in [9.17, 15) is 29.4 Å². The van der Waals surface area contributed by atoms with Crippen LogP contribution in [0.2, 0.25) is 0 Å². The lowest BCUT2D eigenvalue weighted by molar-refractivity contribution is -0.142. The van der Waals surface area contributed by atoms with E-state index in [1.54, 1.807) is 12.1 Å². The molecule has 4 atom stereocenters. The summed E-state index contributed by atoms with van der Waals surface area (Å²) in [5, 5.41) is 27.4. The van der Waals surface area contributed by atoms with Crippen molar-refractivity contribution in [3.8, 4) is 5.75 Å². The first-order valence-corrected chi connectivity index (χ1v) is 14.6. The predicted molar refractivity (Wildman–Crippen MR) is 166 cm³/mol. The first-order valence-electron chi connectivity index (χ1n) is 14.6. The molecule has 0 aliphatic rings. The first kappa shape index (κ1) is 33.8. The molecule has 234 valence electrons. The van der Waals surface area contributed by atoms with Crippen LogP contribution in [0, 0.1) is 0 Å². The summed E-state index contributed by atoms with van der Waals surface area (Å²) in [6, 6.07) is 20.1. The van der Waals surface area contributed by atoms with Gasteiger partial charge in [0.05, 0.1) is 6.04 Å². The van der Waals surface area contributed by atoms with E-state index in [1.165, 1.54) is 12.1 Å². The van der Waals surface area contributed by atoms with E-state index in [-0.39, 0.29) is 31.4 Å². The van der Waals surface area contributed by atoms with E-state index in [1.807, 2.05) is 60.7 Å². The van der Waals surface area contributed by atoms with Crippen LogP contribution >= 0.6 is 0 Å². The van der Waals surface area contributed by atoms with Crippen molar-refractivity contribution in [1.82, 2.24) is 16.0 Å². The molecule has 0 saturated carbocycles. The first-order chi connectivity index (χ1) is 21.2. The number of unbranched alkanes of at least 4 members (excludes halogenated alkanes) is 1. The van der Waals surface area contributed by atoms with E-state index < -0.39 is 47.9 Å². The molecule has 0 heterocycles. The highest BCUT2D eigenvalue weighted by molar-refractivity contribution is 5.94. The average molecular weight is 604 g/mol. The minimum atomic E-state index is -1.20. The molecule has 11 heteroatoms. The minimum Gasteiger partial charge on any atom is -0.508 e. The maximum atomic E-state index is 13.7. The fraction of sp³-hybridized carbons (Fsp3) is 0.333. The van der Waals surface area contributed by atoms with Crippen molar-refractivity contribution >= 4 is 23.7 Å². The third-order valence-corrected chi connectivity index (χ3v) is 7.12. The highest BCUT2D eigenvalue weighted by Crippen LogP contribution is 2.13. The Kier molecular flexibility index (Phi) is 13.3. The lowest BCUT2D eigenvalue weighted by Gasteiger charge is -2.25. The number of rotatable bonds is 17. The van der Waals surface area contributed by atoms with Crippen LogP contribution in [0.15, 0.2) is 84.9 Å². The summed E-state index contributed by atoms with van der Waals surface area (Å²) < 4.78 is 0. The number of hydrogen-bond acceptors (Lipinski definition) is 7. The molecule has 3 rings (SSSR count). The number of nitrogens with two attached hydrogens (primary N) is 2. The number of aromatic hydroxyl groups is 1. The van der Waals surface area contributed by atoms with Gasteiger partial charge in [-0.05, 0) is 61.1 Å². The Hall–Kier alpha value is -4.74. The van der Waals surface area contributed by atoms with Crippen molar-refractivity contribution in [3.05, 3.63) is 102 Å². The molecule has 0 fully saturated rings. The minimum absolute atomic E-state index is 0.00647. The number of aliphatic carboxylic acids is 1. The summed E-state index contributed by atoms with van der Waals surface area (Å²) in [5.74, 6) is -3.04. The van der Waals surface area contributed by atoms with Gasteiger partial charge in [-0.2, -0.15) is 0 Å². The lowest BCUT2D eigenvalue weighted by Crippen LogP contribution is -2.58. The van der Waals surface area contributed by atoms with Gasteiger partial charge in [0.25, 0.3) is 0 Å². The van der Waals surface area contributed by atoms with Gasteiger partial charge in [0.2, 0.25) is 17.7 Å². The molecule has 0 spiro atoms. The monoisotopic (exact) mass is 603 g/mol. The smallest absolute Gasteiger partial charge is 0.326 e. The van der Waals surface area contributed by atoms with Crippen LogP contribution in [0.5, 0.6) is 5.75 Å². The summed E-state index contributed by atoms with van der Waals surface area (Å²) in [7, 11) is 0. The molecule has 4 unspecified atom stereocenters. The molecular weight excluding hydrogens is 562 g/mol. The van der Waals surface area contributed by atoms with Gasteiger partial charge in [0, 0.05) is 12.8 Å². The average Bonchev–Trinajstić information content (AvgIpc) is 3.01. The Morgan fingerprint density at radius 2 is 1.07 bits per heavy atom. The fourth-order valence-electron chi connectivity index (χ4n) is 4.67. The second kappa shape index (κ2) is 17.4. The summed E-state index contributed by atoms with van der Waals surface area (Å²) in [5.41, 5.74) is 14.0. The summed E-state index contributed by atoms with van der Waals surface area (Å²) in [6.45, 7) is 0.392. The van der Waals surface area contributed by atoms with E-state index in [4.69, 9.17) is 11.5 Å². The molecule has 0 aliphatic heterocycles. The van der Waals surface area contributed by atoms with E-state index in [0.717, 1.165) is 11.1 Å². The number of carbonyl (C=O) groups is 4. The van der Waals surface area contributed by atoms with Gasteiger partial charge in [0.15, 0.2) is 0 Å². The molecule has 11 nitrogen and oxygen atoms in total. The van der Waals surface area contributed by atoms with Gasteiger partial charge in [-0.1, -0.05) is 72.8 Å². The number of carboxylic acid groups (broad SMARTS) is 1. The third-order valence-electron chi connectivity index (χ3n) is 7.12. The number of phenolic OH excluding ortho intramolecular Hbond substituents is 1. The number of benzene rings is 3. The second-order valence-electron chi connectivity index (χ2n) is 10.7. The van der Waals surface area contributed by atoms with Crippen molar-refractivity contribution in [2.45, 2.75) is 62.7 Å². The van der Waals surface area contributed by atoms with E-state index in [0.29, 0.717) is 24.9 Å². The molecule has 0 saturated heterocycles. The Morgan fingerprint density at radius 3 is 1.57 bits per heavy atom. The molecule has 44 heavy (non-hydrogen) atoms. The molecule has 9 N–H and O–H groups in total. The molecule has 0 radical (unpaired) electrons. The molecular formula is C33H41N5O6. The quantitative estimate of drug-likeness (QED) is 0.112. The van der Waals surface area contributed by atoms with Gasteiger partial charge in [-0.3, -0.25) is 14.4 Å². The number of nitrogens with one attached hydrogen (secondary N) is 3. The van der Waals surface area contributed by atoms with Gasteiger partial charge in [0.1, 0.15) is 23.9 Å². The van der Waals surface area contributed by atoms with Gasteiger partial charge < -0.3 is 37.6 Å². The summed E-state index contributed by atoms with van der Waals surface area (Å²) >= 11 is 0. The van der Waals surface area contributed by atoms with Crippen molar-refractivity contribution in [2.75, 3.05) is 6.54 Å². The normalized spacial score (nSPS) is 13.6. The Balaban J connectivity index is 1.82. The van der Waals surface area contributed by atoms with Gasteiger partial charge in [-0.15, -0.1) is 0 Å². The molecule has 0 bridgehead atoms. The number of carboxylic acids is 1. The SMILES string of the molecule is NCCCCC(NC(=O)C(Cc1ccc(O)cc1)NC(=O)C(Cc1ccccc1)NC(=O)C(N)Cc1ccccc1)C(=O)O. The van der Waals surface area contributed by atoms with Crippen molar-refractivity contribution < 1.29 is 29.4 Å². The maximum Gasteiger partial charge on any atom is 0.326 e. The van der Waals surface area contributed by atoms with Crippen LogP contribution in [0.1, 0.15) is 36.0 Å². The van der Waals surface area contributed by atoms with Crippen molar-refractivity contribution in [2.24, 2.45) is 11.5 Å². The highest BCUT2D eigenvalue weighted by Gasteiger charge is 2.30. The molecule has 3 amide bonds. The standard InChI is InChI=1S/C33H41N5O6/c34-18-8-7-13-27(33(43)44)36-31(41)29(21-24-14-16-25(39)17-15-24)38-32(42)28(20-23-11-5-2-6-12-23)37-30(40)26(35)19-22-9-3-1-4-10-22/h1-6,9-12,14-17,26-29,39H,7-8,13,18-21,34-35H2,(H,36,41)(H,37,40)(H,38,42)(H,43,44). The zero-order valence-electron chi connectivity index (χ0n) is 24.5. The lowest BCUT2D eigenvalue weighted by atomic mass is 10.0.